The lowest BCUT2D eigenvalue weighted by molar-refractivity contribution is -0.125. The minimum absolute atomic E-state index is 0.307. The number of carbonyl (C=O) groups excluding carboxylic acids is 1. The summed E-state index contributed by atoms with van der Waals surface area (Å²) in [4.78, 5) is 11.9. The van der Waals surface area contributed by atoms with Crippen molar-refractivity contribution < 1.29 is 23.8 Å². The van der Waals surface area contributed by atoms with Gasteiger partial charge in [0.1, 0.15) is 30.0 Å². The molecule has 0 fully saturated rings. The molecule has 1 aromatic heterocycles. The predicted octanol–water partition coefficient (Wildman–Crippen LogP) is 4.10. The topological polar surface area (TPSA) is 85.6 Å². The van der Waals surface area contributed by atoms with Gasteiger partial charge in [0, 0.05) is 5.39 Å². The molecule has 7 nitrogen and oxygen atoms in total. The first kappa shape index (κ1) is 23.3. The number of ether oxygens (including phenoxy) is 2. The average molecular weight is 464 g/mol. The summed E-state index contributed by atoms with van der Waals surface area (Å²) in [6, 6.07) is 17.0. The van der Waals surface area contributed by atoms with Crippen LogP contribution in [-0.2, 0) is 4.79 Å². The van der Waals surface area contributed by atoms with Crippen LogP contribution in [0, 0.1) is 12.7 Å². The van der Waals surface area contributed by atoms with E-state index in [1.807, 2.05) is 50.2 Å². The van der Waals surface area contributed by atoms with Crippen molar-refractivity contribution in [3.63, 3.8) is 0 Å². The number of hydrogen-bond acceptors (Lipinski definition) is 5. The number of aryl methyl sites for hydroxylation is 1. The van der Waals surface area contributed by atoms with Gasteiger partial charge in [-0.2, -0.15) is 5.10 Å². The van der Waals surface area contributed by atoms with E-state index in [-0.39, 0.29) is 5.82 Å². The Balaban J connectivity index is 1.70. The summed E-state index contributed by atoms with van der Waals surface area (Å²) in [5.41, 5.74) is 3.28. The van der Waals surface area contributed by atoms with Crippen LogP contribution in [0.4, 0.5) is 4.39 Å². The first-order chi connectivity index (χ1) is 16.4. The minimum atomic E-state index is -0.608. The SMILES string of the molecule is COc1cccc([C@H](Oc2cc3cnn(-c4ccc(F)cc4)c3cc2C)[C@H](C)NC(=O)CO)c1. The summed E-state index contributed by atoms with van der Waals surface area (Å²) >= 11 is 0. The summed E-state index contributed by atoms with van der Waals surface area (Å²) < 4.78 is 26.9. The quantitative estimate of drug-likeness (QED) is 0.411. The molecule has 0 unspecified atom stereocenters. The lowest BCUT2D eigenvalue weighted by Crippen LogP contribution is -2.40. The molecule has 34 heavy (non-hydrogen) atoms. The molecule has 0 aliphatic heterocycles. The first-order valence-electron chi connectivity index (χ1n) is 10.8. The molecular formula is C26H26FN3O4. The van der Waals surface area contributed by atoms with Crippen molar-refractivity contribution in [2.45, 2.75) is 26.0 Å². The van der Waals surface area contributed by atoms with Crippen LogP contribution in [-0.4, -0.2) is 40.6 Å². The molecule has 8 heteroatoms. The van der Waals surface area contributed by atoms with Crippen molar-refractivity contribution >= 4 is 16.8 Å². The van der Waals surface area contributed by atoms with Crippen LogP contribution in [0.1, 0.15) is 24.2 Å². The van der Waals surface area contributed by atoms with Crippen molar-refractivity contribution in [3.8, 4) is 17.2 Å². The Morgan fingerprint density at radius 2 is 1.94 bits per heavy atom. The normalized spacial score (nSPS) is 12.9. The summed E-state index contributed by atoms with van der Waals surface area (Å²) in [5.74, 6) is 0.499. The van der Waals surface area contributed by atoms with Gasteiger partial charge in [-0.3, -0.25) is 4.79 Å². The van der Waals surface area contributed by atoms with E-state index >= 15 is 0 Å². The number of hydrogen-bond donors (Lipinski definition) is 2. The highest BCUT2D eigenvalue weighted by Gasteiger charge is 2.24. The summed E-state index contributed by atoms with van der Waals surface area (Å²) in [7, 11) is 1.59. The van der Waals surface area contributed by atoms with Crippen LogP contribution in [0.15, 0.2) is 66.9 Å². The molecule has 0 aliphatic rings. The molecule has 1 heterocycles. The third-order valence-electron chi connectivity index (χ3n) is 5.60. The van der Waals surface area contributed by atoms with E-state index in [1.165, 1.54) is 12.1 Å². The number of halogens is 1. The molecular weight excluding hydrogens is 437 g/mol. The number of benzene rings is 3. The van der Waals surface area contributed by atoms with E-state index in [4.69, 9.17) is 9.47 Å². The number of aliphatic hydroxyl groups is 1. The Labute approximate surface area is 196 Å². The Bertz CT molecular complexity index is 1300. The number of methoxy groups -OCH3 is 1. The molecule has 4 rings (SSSR count). The van der Waals surface area contributed by atoms with E-state index in [9.17, 15) is 14.3 Å². The largest absolute Gasteiger partial charge is 0.497 e. The predicted molar refractivity (Wildman–Crippen MR) is 127 cm³/mol. The molecule has 4 aromatic rings. The monoisotopic (exact) mass is 463 g/mol. The maximum atomic E-state index is 13.3. The van der Waals surface area contributed by atoms with Gasteiger partial charge in [0.25, 0.3) is 0 Å². The highest BCUT2D eigenvalue weighted by atomic mass is 19.1. The van der Waals surface area contributed by atoms with Gasteiger partial charge in [0.05, 0.1) is 30.6 Å². The van der Waals surface area contributed by atoms with Crippen LogP contribution < -0.4 is 14.8 Å². The third-order valence-corrected chi connectivity index (χ3v) is 5.60. The van der Waals surface area contributed by atoms with E-state index in [1.54, 1.807) is 30.1 Å². The Kier molecular flexibility index (Phi) is 6.79. The van der Waals surface area contributed by atoms with Crippen LogP contribution in [0.25, 0.3) is 16.6 Å². The molecule has 0 saturated carbocycles. The fourth-order valence-corrected chi connectivity index (χ4v) is 3.86. The molecule has 2 N–H and O–H groups in total. The third kappa shape index (κ3) is 4.87. The fraction of sp³-hybridized carbons (Fsp3) is 0.231. The van der Waals surface area contributed by atoms with Crippen molar-refractivity contribution in [2.75, 3.05) is 13.7 Å². The van der Waals surface area contributed by atoms with E-state index < -0.39 is 24.7 Å². The number of amides is 1. The highest BCUT2D eigenvalue weighted by molar-refractivity contribution is 5.83. The molecule has 0 saturated heterocycles. The second-order valence-electron chi connectivity index (χ2n) is 8.04. The summed E-state index contributed by atoms with van der Waals surface area (Å²) in [5, 5.41) is 17.3. The van der Waals surface area contributed by atoms with Gasteiger partial charge in [0.15, 0.2) is 0 Å². The van der Waals surface area contributed by atoms with Gasteiger partial charge in [-0.1, -0.05) is 12.1 Å². The fourth-order valence-electron chi connectivity index (χ4n) is 3.86. The van der Waals surface area contributed by atoms with Crippen molar-refractivity contribution in [3.05, 3.63) is 83.8 Å². The number of nitrogens with one attached hydrogen (secondary N) is 1. The van der Waals surface area contributed by atoms with Gasteiger partial charge in [-0.25, -0.2) is 9.07 Å². The number of nitrogens with zero attached hydrogens (tertiary/aromatic N) is 2. The lowest BCUT2D eigenvalue weighted by atomic mass is 10.0. The van der Waals surface area contributed by atoms with E-state index in [2.05, 4.69) is 10.4 Å². The van der Waals surface area contributed by atoms with Crippen LogP contribution >= 0.6 is 0 Å². The zero-order valence-electron chi connectivity index (χ0n) is 19.2. The maximum absolute atomic E-state index is 13.3. The summed E-state index contributed by atoms with van der Waals surface area (Å²) in [6.45, 7) is 3.14. The average Bonchev–Trinajstić information content (AvgIpc) is 3.25. The first-order valence-corrected chi connectivity index (χ1v) is 10.8. The van der Waals surface area contributed by atoms with Gasteiger partial charge in [-0.15, -0.1) is 0 Å². The molecule has 3 aromatic carbocycles. The minimum Gasteiger partial charge on any atom is -0.497 e. The lowest BCUT2D eigenvalue weighted by Gasteiger charge is -2.27. The zero-order chi connectivity index (χ0) is 24.2. The van der Waals surface area contributed by atoms with Gasteiger partial charge in [-0.05, 0) is 73.5 Å². The maximum Gasteiger partial charge on any atom is 0.246 e. The van der Waals surface area contributed by atoms with Crippen molar-refractivity contribution in [2.24, 2.45) is 0 Å². The molecule has 0 spiro atoms. The highest BCUT2D eigenvalue weighted by Crippen LogP contribution is 2.33. The number of rotatable bonds is 8. The number of aliphatic hydroxyl groups excluding tert-OH is 1. The standard InChI is InChI=1S/C26H26FN3O4/c1-16-11-23-19(14-28-30(23)21-9-7-20(27)8-10-21)13-24(16)34-26(17(2)29-25(32)15-31)18-5-4-6-22(12-18)33-3/h4-14,17,26,31H,15H2,1-3H3,(H,29,32)/t17-,26+/m0/s1. The molecule has 2 atom stereocenters. The second kappa shape index (κ2) is 9.93. The molecule has 0 aliphatic carbocycles. The molecule has 0 bridgehead atoms. The van der Waals surface area contributed by atoms with E-state index in [0.717, 1.165) is 27.7 Å². The van der Waals surface area contributed by atoms with Crippen LogP contribution in [0.5, 0.6) is 11.5 Å². The number of fused-ring (bicyclic) bond motifs is 1. The van der Waals surface area contributed by atoms with Crippen molar-refractivity contribution in [1.82, 2.24) is 15.1 Å². The smallest absolute Gasteiger partial charge is 0.246 e. The van der Waals surface area contributed by atoms with Crippen molar-refractivity contribution in [1.29, 1.82) is 0 Å². The summed E-state index contributed by atoms with van der Waals surface area (Å²) in [6.07, 6.45) is 1.18. The van der Waals surface area contributed by atoms with Gasteiger partial charge >= 0.3 is 0 Å². The van der Waals surface area contributed by atoms with Gasteiger partial charge in [0.2, 0.25) is 5.91 Å². The number of carbonyl (C=O) groups is 1. The zero-order valence-corrected chi connectivity index (χ0v) is 19.2. The Hall–Kier alpha value is -3.91. The molecule has 1 amide bonds. The van der Waals surface area contributed by atoms with E-state index in [0.29, 0.717) is 11.5 Å². The molecule has 0 radical (unpaired) electrons. The molecule has 176 valence electrons. The Morgan fingerprint density at radius 3 is 2.65 bits per heavy atom. The number of aromatic nitrogens is 2. The van der Waals surface area contributed by atoms with Gasteiger partial charge < -0.3 is 19.9 Å². The Morgan fingerprint density at radius 1 is 1.18 bits per heavy atom. The van der Waals surface area contributed by atoms with Crippen LogP contribution in [0.2, 0.25) is 0 Å². The second-order valence-corrected chi connectivity index (χ2v) is 8.04. The van der Waals surface area contributed by atoms with Crippen LogP contribution in [0.3, 0.4) is 0 Å².